The highest BCUT2D eigenvalue weighted by Crippen LogP contribution is 2.29. The lowest BCUT2D eigenvalue weighted by Crippen LogP contribution is -2.01. The van der Waals surface area contributed by atoms with E-state index in [1.807, 2.05) is 25.1 Å². The maximum Gasteiger partial charge on any atom is 0.168 e. The van der Waals surface area contributed by atoms with Crippen molar-refractivity contribution in [2.45, 2.75) is 20.8 Å². The second-order valence-electron chi connectivity index (χ2n) is 7.30. The molecule has 0 saturated heterocycles. The van der Waals surface area contributed by atoms with Crippen LogP contribution in [-0.2, 0) is 0 Å². The molecule has 0 unspecified atom stereocenters. The molecule has 5 nitrogen and oxygen atoms in total. The smallest absolute Gasteiger partial charge is 0.168 e. The van der Waals surface area contributed by atoms with Crippen LogP contribution in [0.3, 0.4) is 0 Å². The van der Waals surface area contributed by atoms with Gasteiger partial charge in [-0.1, -0.05) is 36.4 Å². The van der Waals surface area contributed by atoms with Crippen molar-refractivity contribution < 1.29 is 0 Å². The quantitative estimate of drug-likeness (QED) is 0.433. The first-order chi connectivity index (χ1) is 14.1. The minimum absolute atomic E-state index is 0.822. The maximum absolute atomic E-state index is 4.74. The van der Waals surface area contributed by atoms with E-state index in [2.05, 4.69) is 81.7 Å². The summed E-state index contributed by atoms with van der Waals surface area (Å²) in [6.07, 6.45) is 1.79. The SMILES string of the molecule is Cc1cccc(C)c1-n1cnnc1-c1ccc2nc(C)n(-c3ccccc3)c2c1. The van der Waals surface area contributed by atoms with E-state index < -0.39 is 0 Å². The molecule has 0 N–H and O–H groups in total. The van der Waals surface area contributed by atoms with Crippen LogP contribution in [0.25, 0.3) is 33.8 Å². The molecule has 0 aliphatic heterocycles. The van der Waals surface area contributed by atoms with Crippen LogP contribution in [0.1, 0.15) is 17.0 Å². The van der Waals surface area contributed by atoms with Gasteiger partial charge in [-0.25, -0.2) is 4.98 Å². The van der Waals surface area contributed by atoms with E-state index in [1.54, 1.807) is 6.33 Å². The third-order valence-corrected chi connectivity index (χ3v) is 5.32. The maximum atomic E-state index is 4.74. The van der Waals surface area contributed by atoms with E-state index in [9.17, 15) is 0 Å². The molecule has 3 aromatic carbocycles. The number of aryl methyl sites for hydroxylation is 3. The number of rotatable bonds is 3. The lowest BCUT2D eigenvalue weighted by Gasteiger charge is -2.13. The van der Waals surface area contributed by atoms with Crippen molar-refractivity contribution in [1.82, 2.24) is 24.3 Å². The second-order valence-corrected chi connectivity index (χ2v) is 7.30. The lowest BCUT2D eigenvalue weighted by molar-refractivity contribution is 1.00. The van der Waals surface area contributed by atoms with Crippen molar-refractivity contribution in [2.24, 2.45) is 0 Å². The van der Waals surface area contributed by atoms with Crippen molar-refractivity contribution in [3.63, 3.8) is 0 Å². The Bertz CT molecular complexity index is 1310. The van der Waals surface area contributed by atoms with Gasteiger partial charge in [0.15, 0.2) is 5.82 Å². The molecule has 0 radical (unpaired) electrons. The Morgan fingerprint density at radius 3 is 2.31 bits per heavy atom. The summed E-state index contributed by atoms with van der Waals surface area (Å²) < 4.78 is 4.25. The highest BCUT2D eigenvalue weighted by molar-refractivity contribution is 5.83. The van der Waals surface area contributed by atoms with Crippen molar-refractivity contribution in [3.05, 3.63) is 90.0 Å². The Labute approximate surface area is 169 Å². The first kappa shape index (κ1) is 17.4. The molecule has 0 saturated carbocycles. The first-order valence-corrected chi connectivity index (χ1v) is 9.65. The van der Waals surface area contributed by atoms with Gasteiger partial charge in [0.1, 0.15) is 12.2 Å². The predicted octanol–water partition coefficient (Wildman–Crippen LogP) is 5.20. The van der Waals surface area contributed by atoms with Gasteiger partial charge in [0.25, 0.3) is 0 Å². The van der Waals surface area contributed by atoms with Gasteiger partial charge >= 0.3 is 0 Å². The number of benzene rings is 3. The number of fused-ring (bicyclic) bond motifs is 1. The number of nitrogens with zero attached hydrogens (tertiary/aromatic N) is 5. The molecule has 0 fully saturated rings. The zero-order valence-electron chi connectivity index (χ0n) is 16.7. The lowest BCUT2D eigenvalue weighted by atomic mass is 10.1. The van der Waals surface area contributed by atoms with Crippen molar-refractivity contribution in [1.29, 1.82) is 0 Å². The molecule has 0 aliphatic carbocycles. The summed E-state index contributed by atoms with van der Waals surface area (Å²) in [6.45, 7) is 6.26. The zero-order valence-corrected chi connectivity index (χ0v) is 16.7. The second kappa shape index (κ2) is 6.71. The largest absolute Gasteiger partial charge is 0.297 e. The van der Waals surface area contributed by atoms with E-state index in [0.717, 1.165) is 39.6 Å². The van der Waals surface area contributed by atoms with Crippen molar-refractivity contribution in [3.8, 4) is 22.8 Å². The van der Waals surface area contributed by atoms with Gasteiger partial charge in [-0.3, -0.25) is 9.13 Å². The van der Waals surface area contributed by atoms with Crippen LogP contribution in [0.2, 0.25) is 0 Å². The Balaban J connectivity index is 1.72. The molecule has 5 heteroatoms. The van der Waals surface area contributed by atoms with Crippen LogP contribution in [0.15, 0.2) is 73.1 Å². The summed E-state index contributed by atoms with van der Waals surface area (Å²) >= 11 is 0. The van der Waals surface area contributed by atoms with Crippen LogP contribution in [0.4, 0.5) is 0 Å². The molecule has 0 atom stereocenters. The fraction of sp³-hybridized carbons (Fsp3) is 0.125. The minimum atomic E-state index is 0.822. The standard InChI is InChI=1S/C24H21N5/c1-16-8-7-9-17(2)23(16)28-15-25-27-24(28)19-12-13-21-22(14-19)29(18(3)26-21)20-10-5-4-6-11-20/h4-15H,1-3H3. The number of hydrogen-bond acceptors (Lipinski definition) is 3. The molecular formula is C24H21N5. The normalized spacial score (nSPS) is 11.3. The molecule has 0 spiro atoms. The van der Waals surface area contributed by atoms with Gasteiger partial charge < -0.3 is 0 Å². The molecular weight excluding hydrogens is 358 g/mol. The molecule has 0 bridgehead atoms. The van der Waals surface area contributed by atoms with Crippen molar-refractivity contribution >= 4 is 11.0 Å². The molecule has 0 amide bonds. The fourth-order valence-electron chi connectivity index (χ4n) is 4.02. The number of hydrogen-bond donors (Lipinski definition) is 0. The van der Waals surface area contributed by atoms with Gasteiger partial charge in [-0.05, 0) is 62.2 Å². The van der Waals surface area contributed by atoms with E-state index in [1.165, 1.54) is 11.1 Å². The third-order valence-electron chi connectivity index (χ3n) is 5.32. The minimum Gasteiger partial charge on any atom is -0.297 e. The Hall–Kier alpha value is -3.73. The topological polar surface area (TPSA) is 48.5 Å². The molecule has 2 aromatic heterocycles. The number of imidazole rings is 1. The van der Waals surface area contributed by atoms with E-state index in [0.29, 0.717) is 0 Å². The Morgan fingerprint density at radius 1 is 0.793 bits per heavy atom. The summed E-state index contributed by atoms with van der Waals surface area (Å²) in [4.78, 5) is 4.74. The van der Waals surface area contributed by atoms with Gasteiger partial charge in [-0.15, -0.1) is 10.2 Å². The molecule has 5 aromatic rings. The third kappa shape index (κ3) is 2.83. The zero-order chi connectivity index (χ0) is 20.0. The summed E-state index contributed by atoms with van der Waals surface area (Å²) in [5, 5.41) is 8.66. The van der Waals surface area contributed by atoms with Crippen LogP contribution >= 0.6 is 0 Å². The first-order valence-electron chi connectivity index (χ1n) is 9.65. The summed E-state index contributed by atoms with van der Waals surface area (Å²) in [5.41, 5.74) is 7.64. The molecule has 5 rings (SSSR count). The average molecular weight is 379 g/mol. The van der Waals surface area contributed by atoms with Gasteiger partial charge in [-0.2, -0.15) is 0 Å². The Morgan fingerprint density at radius 2 is 1.55 bits per heavy atom. The summed E-state index contributed by atoms with van der Waals surface area (Å²) in [5.74, 6) is 1.78. The molecule has 0 aliphatic rings. The summed E-state index contributed by atoms with van der Waals surface area (Å²) in [7, 11) is 0. The highest BCUT2D eigenvalue weighted by atomic mass is 15.3. The van der Waals surface area contributed by atoms with E-state index in [4.69, 9.17) is 4.98 Å². The van der Waals surface area contributed by atoms with Crippen LogP contribution in [-0.4, -0.2) is 24.3 Å². The van der Waals surface area contributed by atoms with Crippen LogP contribution in [0, 0.1) is 20.8 Å². The van der Waals surface area contributed by atoms with Crippen LogP contribution in [0.5, 0.6) is 0 Å². The van der Waals surface area contributed by atoms with Crippen LogP contribution < -0.4 is 0 Å². The predicted molar refractivity (Wildman–Crippen MR) is 116 cm³/mol. The van der Waals surface area contributed by atoms with E-state index >= 15 is 0 Å². The van der Waals surface area contributed by atoms with Gasteiger partial charge in [0, 0.05) is 11.3 Å². The van der Waals surface area contributed by atoms with E-state index in [-0.39, 0.29) is 0 Å². The summed E-state index contributed by atoms with van der Waals surface area (Å²) in [6, 6.07) is 22.9. The highest BCUT2D eigenvalue weighted by Gasteiger charge is 2.16. The average Bonchev–Trinajstić information content (AvgIpc) is 3.32. The number of aromatic nitrogens is 5. The van der Waals surface area contributed by atoms with Gasteiger partial charge in [0.2, 0.25) is 0 Å². The molecule has 142 valence electrons. The number of para-hydroxylation sites is 2. The molecule has 2 heterocycles. The molecule has 29 heavy (non-hydrogen) atoms. The fourth-order valence-corrected chi connectivity index (χ4v) is 4.02. The van der Waals surface area contributed by atoms with Gasteiger partial charge in [0.05, 0.1) is 16.7 Å². The Kier molecular flexibility index (Phi) is 4.02. The monoisotopic (exact) mass is 379 g/mol. The van der Waals surface area contributed by atoms with Crippen molar-refractivity contribution in [2.75, 3.05) is 0 Å².